The van der Waals surface area contributed by atoms with Gasteiger partial charge in [-0.15, -0.1) is 0 Å². The highest BCUT2D eigenvalue weighted by Crippen LogP contribution is 2.27. The van der Waals surface area contributed by atoms with Crippen LogP contribution in [0.4, 0.5) is 4.79 Å². The monoisotopic (exact) mass is 397 g/mol. The number of nitrogens with one attached hydrogen (secondary N) is 2. The van der Waals surface area contributed by atoms with Gasteiger partial charge >= 0.3 is 6.03 Å². The van der Waals surface area contributed by atoms with E-state index in [0.29, 0.717) is 0 Å². The average molecular weight is 397 g/mol. The van der Waals surface area contributed by atoms with Gasteiger partial charge in [-0.05, 0) is 32.0 Å². The average Bonchev–Trinajstić information content (AvgIpc) is 3.27. The Kier molecular flexibility index (Phi) is 4.31. The van der Waals surface area contributed by atoms with Gasteiger partial charge in [0.2, 0.25) is 0 Å². The number of nitrogens with zero attached hydrogens (tertiary/aromatic N) is 3. The molecule has 0 fully saturated rings. The summed E-state index contributed by atoms with van der Waals surface area (Å²) in [6.45, 7) is 3.76. The zero-order valence-electron chi connectivity index (χ0n) is 15.3. The quantitative estimate of drug-likeness (QED) is 0.552. The van der Waals surface area contributed by atoms with Crippen LogP contribution in [0.25, 0.3) is 21.8 Å². The van der Waals surface area contributed by atoms with Crippen molar-refractivity contribution in [1.29, 1.82) is 0 Å². The highest BCUT2D eigenvalue weighted by molar-refractivity contribution is 7.90. The molecule has 9 heteroatoms. The topological polar surface area (TPSA) is 98.0 Å². The summed E-state index contributed by atoms with van der Waals surface area (Å²) >= 11 is 0. The first-order valence-electron chi connectivity index (χ1n) is 8.74. The van der Waals surface area contributed by atoms with Crippen LogP contribution in [-0.4, -0.2) is 28.9 Å². The molecule has 2 amide bonds. The lowest BCUT2D eigenvalue weighted by atomic mass is 10.2. The van der Waals surface area contributed by atoms with Crippen LogP contribution in [0.3, 0.4) is 0 Å². The number of para-hydroxylation sites is 2. The number of carbonyl (C=O) groups excluding carboxylic acids is 1. The van der Waals surface area contributed by atoms with Crippen molar-refractivity contribution in [2.45, 2.75) is 24.9 Å². The van der Waals surface area contributed by atoms with Gasteiger partial charge in [-0.2, -0.15) is 13.5 Å². The summed E-state index contributed by atoms with van der Waals surface area (Å²) in [5, 5.41) is 5.71. The van der Waals surface area contributed by atoms with Crippen molar-refractivity contribution in [3.63, 3.8) is 0 Å². The van der Waals surface area contributed by atoms with Gasteiger partial charge in [0.15, 0.2) is 5.03 Å². The maximum absolute atomic E-state index is 12.5. The van der Waals surface area contributed by atoms with E-state index >= 15 is 0 Å². The highest BCUT2D eigenvalue weighted by Gasteiger charge is 2.22. The van der Waals surface area contributed by atoms with Gasteiger partial charge in [0.1, 0.15) is 0 Å². The maximum atomic E-state index is 12.5. The molecule has 0 spiro atoms. The van der Waals surface area contributed by atoms with E-state index in [0.717, 1.165) is 21.8 Å². The van der Waals surface area contributed by atoms with Gasteiger partial charge in [0, 0.05) is 23.0 Å². The Balaban J connectivity index is 1.65. The number of benzene rings is 2. The Morgan fingerprint density at radius 3 is 2.07 bits per heavy atom. The molecular weight excluding hydrogens is 378 g/mol. The molecule has 0 bridgehead atoms. The summed E-state index contributed by atoms with van der Waals surface area (Å²) in [5.74, 6) is 0. The van der Waals surface area contributed by atoms with Crippen molar-refractivity contribution in [3.8, 4) is 0 Å². The molecule has 2 N–H and O–H groups in total. The van der Waals surface area contributed by atoms with Crippen molar-refractivity contribution < 1.29 is 13.2 Å². The fourth-order valence-electron chi connectivity index (χ4n) is 3.09. The molecule has 28 heavy (non-hydrogen) atoms. The molecule has 0 aliphatic heterocycles. The molecule has 144 valence electrons. The van der Waals surface area contributed by atoms with Crippen LogP contribution >= 0.6 is 0 Å². The Bertz CT molecular complexity index is 1230. The van der Waals surface area contributed by atoms with Gasteiger partial charge in [-0.1, -0.05) is 36.4 Å². The standard InChI is InChI=1S/C19H19N5O3S/c1-13(2)23-12-11-18(20-23)28(26,27)22-19(25)21-24-16-9-5-3-7-14(16)15-8-4-6-10-17(15)24/h3-13H,1-2H3,(H2,21,22,25). The second-order valence-corrected chi connectivity index (χ2v) is 8.27. The number of hydrogen-bond donors (Lipinski definition) is 2. The van der Waals surface area contributed by atoms with Crippen molar-refractivity contribution >= 4 is 37.9 Å². The van der Waals surface area contributed by atoms with Crippen molar-refractivity contribution in [3.05, 3.63) is 60.8 Å². The number of aromatic nitrogens is 3. The lowest BCUT2D eigenvalue weighted by Gasteiger charge is -2.11. The summed E-state index contributed by atoms with van der Waals surface area (Å²) in [6.07, 6.45) is 1.56. The third-order valence-corrected chi connectivity index (χ3v) is 5.63. The van der Waals surface area contributed by atoms with Gasteiger partial charge in [-0.3, -0.25) is 9.36 Å². The number of urea groups is 1. The van der Waals surface area contributed by atoms with Crippen molar-refractivity contribution in [2.75, 3.05) is 5.43 Å². The van der Waals surface area contributed by atoms with Gasteiger partial charge in [-0.25, -0.2) is 14.9 Å². The van der Waals surface area contributed by atoms with Crippen LogP contribution < -0.4 is 10.1 Å². The number of fused-ring (bicyclic) bond motifs is 3. The summed E-state index contributed by atoms with van der Waals surface area (Å²) < 4.78 is 30.1. The largest absolute Gasteiger partial charge is 0.347 e. The molecule has 4 rings (SSSR count). The minimum Gasteiger partial charge on any atom is -0.269 e. The first kappa shape index (κ1) is 18.1. The summed E-state index contributed by atoms with van der Waals surface area (Å²) in [7, 11) is -4.09. The van der Waals surface area contributed by atoms with Crippen LogP contribution in [0, 0.1) is 0 Å². The molecule has 0 atom stereocenters. The molecule has 2 aromatic heterocycles. The molecule has 0 aliphatic rings. The number of rotatable bonds is 4. The highest BCUT2D eigenvalue weighted by atomic mass is 32.2. The fourth-order valence-corrected chi connectivity index (χ4v) is 3.93. The van der Waals surface area contributed by atoms with E-state index in [9.17, 15) is 13.2 Å². The van der Waals surface area contributed by atoms with E-state index < -0.39 is 16.1 Å². The summed E-state index contributed by atoms with van der Waals surface area (Å²) in [5.41, 5.74) is 4.14. The first-order chi connectivity index (χ1) is 13.4. The van der Waals surface area contributed by atoms with E-state index in [1.54, 1.807) is 10.9 Å². The third kappa shape index (κ3) is 3.09. The van der Waals surface area contributed by atoms with Crippen LogP contribution in [0.2, 0.25) is 0 Å². The molecule has 0 saturated carbocycles. The number of hydrogen-bond acceptors (Lipinski definition) is 4. The zero-order valence-corrected chi connectivity index (χ0v) is 16.1. The van der Waals surface area contributed by atoms with Crippen molar-refractivity contribution in [2.24, 2.45) is 0 Å². The lowest BCUT2D eigenvalue weighted by molar-refractivity contribution is 0.254. The summed E-state index contributed by atoms with van der Waals surface area (Å²) in [4.78, 5) is 12.5. The van der Waals surface area contributed by atoms with Crippen LogP contribution in [0.15, 0.2) is 65.8 Å². The first-order valence-corrected chi connectivity index (χ1v) is 10.2. The summed E-state index contributed by atoms with van der Waals surface area (Å²) in [6, 6.07) is 15.6. The van der Waals surface area contributed by atoms with Gasteiger partial charge < -0.3 is 0 Å². The van der Waals surface area contributed by atoms with E-state index in [2.05, 4.69) is 10.5 Å². The predicted octanol–water partition coefficient (Wildman–Crippen LogP) is 3.21. The number of carbonyl (C=O) groups is 1. The predicted molar refractivity (Wildman–Crippen MR) is 107 cm³/mol. The zero-order chi connectivity index (χ0) is 19.9. The Morgan fingerprint density at radius 2 is 1.54 bits per heavy atom. The van der Waals surface area contributed by atoms with E-state index in [4.69, 9.17) is 0 Å². The molecule has 2 heterocycles. The minimum atomic E-state index is -4.09. The number of amides is 2. The van der Waals surface area contributed by atoms with Crippen LogP contribution in [0.5, 0.6) is 0 Å². The Morgan fingerprint density at radius 1 is 0.964 bits per heavy atom. The van der Waals surface area contributed by atoms with Crippen LogP contribution in [0.1, 0.15) is 19.9 Å². The third-order valence-electron chi connectivity index (χ3n) is 4.41. The molecular formula is C19H19N5O3S. The Hall–Kier alpha value is -3.33. The Labute approximate surface area is 161 Å². The molecule has 0 unspecified atom stereocenters. The van der Waals surface area contributed by atoms with Crippen LogP contribution in [-0.2, 0) is 10.0 Å². The van der Waals surface area contributed by atoms with Gasteiger partial charge in [0.25, 0.3) is 10.0 Å². The van der Waals surface area contributed by atoms with Crippen molar-refractivity contribution in [1.82, 2.24) is 19.2 Å². The fraction of sp³-hybridized carbons (Fsp3) is 0.158. The van der Waals surface area contributed by atoms with E-state index in [1.807, 2.05) is 67.1 Å². The molecule has 0 radical (unpaired) electrons. The molecule has 0 aliphatic carbocycles. The lowest BCUT2D eigenvalue weighted by Crippen LogP contribution is -2.38. The molecule has 2 aromatic carbocycles. The molecule has 0 saturated heterocycles. The smallest absolute Gasteiger partial charge is 0.269 e. The van der Waals surface area contributed by atoms with Gasteiger partial charge in [0.05, 0.1) is 11.0 Å². The normalized spacial score (nSPS) is 12.0. The SMILES string of the molecule is CC(C)n1ccc(S(=O)(=O)NC(=O)Nn2c3ccccc3c3ccccc32)n1. The van der Waals surface area contributed by atoms with E-state index in [1.165, 1.54) is 10.7 Å². The van der Waals surface area contributed by atoms with E-state index in [-0.39, 0.29) is 11.1 Å². The molecule has 4 aromatic rings. The second kappa shape index (κ2) is 6.68. The second-order valence-electron chi connectivity index (χ2n) is 6.64. The maximum Gasteiger partial charge on any atom is 0.347 e. The molecule has 8 nitrogen and oxygen atoms in total. The minimum absolute atomic E-state index is 0.00961. The number of sulfonamides is 1.